The maximum absolute atomic E-state index is 13.0. The molecule has 1 saturated carbocycles. The summed E-state index contributed by atoms with van der Waals surface area (Å²) in [6.07, 6.45) is 2.24. The van der Waals surface area contributed by atoms with Gasteiger partial charge in [0.05, 0.1) is 7.11 Å². The van der Waals surface area contributed by atoms with Crippen LogP contribution in [0.1, 0.15) is 40.0 Å². The molecule has 5 heteroatoms. The Kier molecular flexibility index (Phi) is 5.52. The Morgan fingerprint density at radius 2 is 1.75 bits per heavy atom. The first kappa shape index (κ1) is 18.3. The fourth-order valence-electron chi connectivity index (χ4n) is 3.88. The smallest absolute Gasteiger partial charge is 0.327 e. The minimum Gasteiger partial charge on any atom is -0.497 e. The van der Waals surface area contributed by atoms with Crippen molar-refractivity contribution in [1.29, 1.82) is 0 Å². The van der Waals surface area contributed by atoms with Crippen molar-refractivity contribution in [2.75, 3.05) is 7.11 Å². The molecule has 3 unspecified atom stereocenters. The van der Waals surface area contributed by atoms with Crippen LogP contribution in [-0.2, 0) is 9.59 Å². The molecule has 0 aliphatic heterocycles. The zero-order valence-electron chi connectivity index (χ0n) is 14.9. The van der Waals surface area contributed by atoms with Gasteiger partial charge in [-0.05, 0) is 54.9 Å². The molecule has 0 heterocycles. The Labute approximate surface area is 143 Å². The van der Waals surface area contributed by atoms with E-state index in [0.717, 1.165) is 12.8 Å². The van der Waals surface area contributed by atoms with Gasteiger partial charge in [-0.1, -0.05) is 27.2 Å². The molecule has 24 heavy (non-hydrogen) atoms. The Morgan fingerprint density at radius 1 is 1.17 bits per heavy atom. The van der Waals surface area contributed by atoms with Gasteiger partial charge in [-0.2, -0.15) is 0 Å². The van der Waals surface area contributed by atoms with Crippen molar-refractivity contribution in [2.45, 2.75) is 40.0 Å². The van der Waals surface area contributed by atoms with E-state index >= 15 is 0 Å². The highest BCUT2D eigenvalue weighted by Crippen LogP contribution is 2.48. The second-order valence-electron chi connectivity index (χ2n) is 7.14. The highest BCUT2D eigenvalue weighted by Gasteiger charge is 2.55. The Hall–Kier alpha value is -2.04. The number of nitrogens with two attached hydrogens (primary N) is 1. The van der Waals surface area contributed by atoms with Gasteiger partial charge in [0.2, 0.25) is 5.91 Å². The summed E-state index contributed by atoms with van der Waals surface area (Å²) in [6.45, 7) is 6.10. The molecule has 1 aliphatic rings. The number of carbonyl (C=O) groups excluding carboxylic acids is 2. The van der Waals surface area contributed by atoms with Crippen LogP contribution in [-0.4, -0.2) is 19.0 Å². The predicted molar refractivity (Wildman–Crippen MR) is 91.6 cm³/mol. The van der Waals surface area contributed by atoms with E-state index in [9.17, 15) is 9.59 Å². The number of hydrogen-bond donors (Lipinski definition) is 1. The average Bonchev–Trinajstić information content (AvgIpc) is 2.54. The third-order valence-electron chi connectivity index (χ3n) is 5.15. The van der Waals surface area contributed by atoms with E-state index in [4.69, 9.17) is 15.2 Å². The molecule has 0 spiro atoms. The van der Waals surface area contributed by atoms with Crippen molar-refractivity contribution in [3.63, 3.8) is 0 Å². The number of methoxy groups -OCH3 is 1. The van der Waals surface area contributed by atoms with Crippen LogP contribution in [0.5, 0.6) is 11.5 Å². The third-order valence-corrected chi connectivity index (χ3v) is 5.15. The van der Waals surface area contributed by atoms with E-state index in [0.29, 0.717) is 17.9 Å². The minimum atomic E-state index is -1.26. The lowest BCUT2D eigenvalue weighted by Crippen LogP contribution is -2.55. The van der Waals surface area contributed by atoms with Crippen molar-refractivity contribution in [1.82, 2.24) is 0 Å². The number of benzene rings is 1. The molecular weight excluding hydrogens is 306 g/mol. The molecule has 0 bridgehead atoms. The van der Waals surface area contributed by atoms with Gasteiger partial charge in [0, 0.05) is 0 Å². The summed E-state index contributed by atoms with van der Waals surface area (Å²) < 4.78 is 10.6. The van der Waals surface area contributed by atoms with Crippen LogP contribution in [0, 0.1) is 23.2 Å². The lowest BCUT2D eigenvalue weighted by Gasteiger charge is -2.43. The Morgan fingerprint density at radius 3 is 2.25 bits per heavy atom. The van der Waals surface area contributed by atoms with Crippen LogP contribution in [0.25, 0.3) is 0 Å². The largest absolute Gasteiger partial charge is 0.497 e. The molecule has 0 aromatic heterocycles. The van der Waals surface area contributed by atoms with Gasteiger partial charge in [0.1, 0.15) is 16.9 Å². The van der Waals surface area contributed by atoms with E-state index < -0.39 is 17.3 Å². The molecule has 1 amide bonds. The summed E-state index contributed by atoms with van der Waals surface area (Å²) in [7, 11) is 1.57. The van der Waals surface area contributed by atoms with Crippen LogP contribution in [0.3, 0.4) is 0 Å². The molecule has 2 N–H and O–H groups in total. The molecule has 0 radical (unpaired) electrons. The molecule has 1 aromatic rings. The number of hydrogen-bond acceptors (Lipinski definition) is 4. The Bertz CT molecular complexity index is 596. The first-order valence-corrected chi connectivity index (χ1v) is 8.47. The topological polar surface area (TPSA) is 78.6 Å². The van der Waals surface area contributed by atoms with Gasteiger partial charge in [-0.3, -0.25) is 9.59 Å². The highest BCUT2D eigenvalue weighted by atomic mass is 16.5. The van der Waals surface area contributed by atoms with Crippen LogP contribution in [0.4, 0.5) is 0 Å². The van der Waals surface area contributed by atoms with Gasteiger partial charge >= 0.3 is 5.97 Å². The van der Waals surface area contributed by atoms with E-state index in [2.05, 4.69) is 6.92 Å². The van der Waals surface area contributed by atoms with E-state index in [1.807, 2.05) is 13.8 Å². The second kappa shape index (κ2) is 7.24. The van der Waals surface area contributed by atoms with Crippen molar-refractivity contribution in [2.24, 2.45) is 28.9 Å². The number of ether oxygens (including phenoxy) is 2. The molecule has 3 atom stereocenters. The predicted octanol–water partition coefficient (Wildman–Crippen LogP) is 3.16. The standard InChI is InChI=1S/C19H27NO4/c1-12(2)16-10-5-13(3)11-19(16,17(20)21)18(22)24-15-8-6-14(23-4)7-9-15/h6-9,12-13,16H,5,10-11H2,1-4H3,(H2,20,21). The van der Waals surface area contributed by atoms with E-state index in [1.54, 1.807) is 31.4 Å². The number of amides is 1. The lowest BCUT2D eigenvalue weighted by molar-refractivity contribution is -0.162. The maximum atomic E-state index is 13.0. The van der Waals surface area contributed by atoms with Crippen molar-refractivity contribution < 1.29 is 19.1 Å². The van der Waals surface area contributed by atoms with Gasteiger partial charge in [-0.25, -0.2) is 0 Å². The second-order valence-corrected chi connectivity index (χ2v) is 7.14. The zero-order valence-corrected chi connectivity index (χ0v) is 14.9. The first-order chi connectivity index (χ1) is 11.3. The van der Waals surface area contributed by atoms with E-state index in [-0.39, 0.29) is 17.8 Å². The van der Waals surface area contributed by atoms with Crippen LogP contribution >= 0.6 is 0 Å². The zero-order chi connectivity index (χ0) is 17.9. The first-order valence-electron chi connectivity index (χ1n) is 8.47. The molecule has 1 aliphatic carbocycles. The third kappa shape index (κ3) is 3.40. The Balaban J connectivity index is 2.32. The summed E-state index contributed by atoms with van der Waals surface area (Å²) in [5.74, 6) is 0.283. The molecule has 2 rings (SSSR count). The number of primary amides is 1. The number of rotatable bonds is 5. The van der Waals surface area contributed by atoms with Gasteiger partial charge < -0.3 is 15.2 Å². The van der Waals surface area contributed by atoms with Crippen LogP contribution in [0.2, 0.25) is 0 Å². The molecule has 1 fully saturated rings. The number of esters is 1. The summed E-state index contributed by atoms with van der Waals surface area (Å²) in [5.41, 5.74) is 4.47. The average molecular weight is 333 g/mol. The fraction of sp³-hybridized carbons (Fsp3) is 0.579. The van der Waals surface area contributed by atoms with Gasteiger partial charge in [0.15, 0.2) is 0 Å². The molecular formula is C19H27NO4. The molecule has 0 saturated heterocycles. The molecule has 5 nitrogen and oxygen atoms in total. The monoisotopic (exact) mass is 333 g/mol. The van der Waals surface area contributed by atoms with Crippen LogP contribution < -0.4 is 15.2 Å². The van der Waals surface area contributed by atoms with Gasteiger partial charge in [-0.15, -0.1) is 0 Å². The van der Waals surface area contributed by atoms with Crippen LogP contribution in [0.15, 0.2) is 24.3 Å². The maximum Gasteiger partial charge on any atom is 0.327 e. The summed E-state index contributed by atoms with van der Waals surface area (Å²) >= 11 is 0. The molecule has 132 valence electrons. The van der Waals surface area contributed by atoms with Crippen molar-refractivity contribution >= 4 is 11.9 Å². The quantitative estimate of drug-likeness (QED) is 0.510. The van der Waals surface area contributed by atoms with Gasteiger partial charge in [0.25, 0.3) is 0 Å². The molecule has 1 aromatic carbocycles. The SMILES string of the molecule is COc1ccc(OC(=O)C2(C(N)=O)CC(C)CCC2C(C)C)cc1. The highest BCUT2D eigenvalue weighted by molar-refractivity contribution is 6.03. The summed E-state index contributed by atoms with van der Waals surface area (Å²) in [6, 6.07) is 6.73. The van der Waals surface area contributed by atoms with Crippen molar-refractivity contribution in [3.8, 4) is 11.5 Å². The minimum absolute atomic E-state index is 0.100. The normalized spacial score (nSPS) is 26.9. The lowest BCUT2D eigenvalue weighted by atomic mass is 9.59. The summed E-state index contributed by atoms with van der Waals surface area (Å²) in [4.78, 5) is 25.4. The summed E-state index contributed by atoms with van der Waals surface area (Å²) in [5, 5.41) is 0. The fourth-order valence-corrected chi connectivity index (χ4v) is 3.88. The van der Waals surface area contributed by atoms with E-state index in [1.165, 1.54) is 0 Å². The van der Waals surface area contributed by atoms with Crippen molar-refractivity contribution in [3.05, 3.63) is 24.3 Å². The number of carbonyl (C=O) groups is 2.